The monoisotopic (exact) mass is 222 g/mol. The van der Waals surface area contributed by atoms with Gasteiger partial charge in [0, 0.05) is 6.42 Å². The standard InChI is InChI=1S/C11H14N2O3/c1-7(2)6-10(14)13-9-5-3-4-8(12-9)11(15)16/h3-5,7H,6H2,1-2H3,(H,15,16)(H,12,13,14). The van der Waals surface area contributed by atoms with Crippen LogP contribution < -0.4 is 5.32 Å². The minimum absolute atomic E-state index is 0.0812. The molecule has 0 spiro atoms. The Morgan fingerprint density at radius 1 is 1.44 bits per heavy atom. The number of aromatic nitrogens is 1. The molecule has 1 aromatic heterocycles. The molecular formula is C11H14N2O3. The summed E-state index contributed by atoms with van der Waals surface area (Å²) >= 11 is 0. The van der Waals surface area contributed by atoms with E-state index in [4.69, 9.17) is 5.11 Å². The lowest BCUT2D eigenvalue weighted by atomic mass is 10.1. The number of hydrogen-bond donors (Lipinski definition) is 2. The van der Waals surface area contributed by atoms with Crippen molar-refractivity contribution in [3.8, 4) is 0 Å². The van der Waals surface area contributed by atoms with Gasteiger partial charge in [-0.1, -0.05) is 19.9 Å². The van der Waals surface area contributed by atoms with Gasteiger partial charge in [-0.3, -0.25) is 4.79 Å². The molecule has 0 bridgehead atoms. The molecule has 86 valence electrons. The molecule has 0 aliphatic rings. The fourth-order valence-electron chi connectivity index (χ4n) is 1.19. The largest absolute Gasteiger partial charge is 0.477 e. The Hall–Kier alpha value is -1.91. The minimum atomic E-state index is -1.11. The highest BCUT2D eigenvalue weighted by atomic mass is 16.4. The summed E-state index contributed by atoms with van der Waals surface area (Å²) in [5.74, 6) is -0.752. The van der Waals surface area contributed by atoms with Gasteiger partial charge in [0.2, 0.25) is 5.91 Å². The number of aromatic carboxylic acids is 1. The lowest BCUT2D eigenvalue weighted by molar-refractivity contribution is -0.116. The van der Waals surface area contributed by atoms with Crippen LogP contribution in [0.3, 0.4) is 0 Å². The van der Waals surface area contributed by atoms with Crippen LogP contribution in [0.25, 0.3) is 0 Å². The van der Waals surface area contributed by atoms with Gasteiger partial charge in [-0.25, -0.2) is 9.78 Å². The van der Waals surface area contributed by atoms with E-state index >= 15 is 0 Å². The highest BCUT2D eigenvalue weighted by Crippen LogP contribution is 2.07. The molecule has 0 aliphatic carbocycles. The third-order valence-electron chi connectivity index (χ3n) is 1.83. The van der Waals surface area contributed by atoms with Crippen molar-refractivity contribution in [3.63, 3.8) is 0 Å². The Morgan fingerprint density at radius 2 is 2.12 bits per heavy atom. The molecule has 0 saturated carbocycles. The Balaban J connectivity index is 2.70. The molecule has 0 saturated heterocycles. The average molecular weight is 222 g/mol. The summed E-state index contributed by atoms with van der Waals surface area (Å²) in [6.07, 6.45) is 0.388. The van der Waals surface area contributed by atoms with Crippen molar-refractivity contribution >= 4 is 17.7 Å². The van der Waals surface area contributed by atoms with Gasteiger partial charge in [-0.15, -0.1) is 0 Å². The molecular weight excluding hydrogens is 208 g/mol. The molecule has 2 N–H and O–H groups in total. The van der Waals surface area contributed by atoms with Crippen LogP contribution in [0.1, 0.15) is 30.8 Å². The number of pyridine rings is 1. The molecule has 0 fully saturated rings. The maximum atomic E-state index is 11.4. The predicted octanol–water partition coefficient (Wildman–Crippen LogP) is 1.76. The van der Waals surface area contributed by atoms with Crippen LogP contribution in [-0.4, -0.2) is 22.0 Å². The second-order valence-corrected chi connectivity index (χ2v) is 3.86. The first-order valence-corrected chi connectivity index (χ1v) is 4.99. The zero-order chi connectivity index (χ0) is 12.1. The van der Waals surface area contributed by atoms with E-state index in [0.29, 0.717) is 6.42 Å². The van der Waals surface area contributed by atoms with Gasteiger partial charge in [0.15, 0.2) is 5.69 Å². The number of anilines is 1. The van der Waals surface area contributed by atoms with E-state index in [1.54, 1.807) is 12.1 Å². The fourth-order valence-corrected chi connectivity index (χ4v) is 1.19. The number of hydrogen-bond acceptors (Lipinski definition) is 3. The maximum Gasteiger partial charge on any atom is 0.354 e. The van der Waals surface area contributed by atoms with E-state index in [1.165, 1.54) is 6.07 Å². The van der Waals surface area contributed by atoms with E-state index in [1.807, 2.05) is 13.8 Å². The quantitative estimate of drug-likeness (QED) is 0.813. The predicted molar refractivity (Wildman–Crippen MR) is 59.3 cm³/mol. The average Bonchev–Trinajstić information content (AvgIpc) is 2.16. The number of nitrogens with zero attached hydrogens (tertiary/aromatic N) is 1. The van der Waals surface area contributed by atoms with Gasteiger partial charge in [-0.2, -0.15) is 0 Å². The summed E-state index contributed by atoms with van der Waals surface area (Å²) in [5, 5.41) is 11.3. The lowest BCUT2D eigenvalue weighted by Crippen LogP contribution is -2.15. The SMILES string of the molecule is CC(C)CC(=O)Nc1cccc(C(=O)O)n1. The summed E-state index contributed by atoms with van der Waals surface area (Å²) < 4.78 is 0. The third kappa shape index (κ3) is 3.68. The smallest absolute Gasteiger partial charge is 0.354 e. The van der Waals surface area contributed by atoms with E-state index in [-0.39, 0.29) is 23.3 Å². The van der Waals surface area contributed by atoms with Crippen molar-refractivity contribution in [2.75, 3.05) is 5.32 Å². The number of amides is 1. The molecule has 1 aromatic rings. The molecule has 1 amide bonds. The van der Waals surface area contributed by atoms with E-state index < -0.39 is 5.97 Å². The van der Waals surface area contributed by atoms with Crippen LogP contribution >= 0.6 is 0 Å². The lowest BCUT2D eigenvalue weighted by Gasteiger charge is -2.06. The summed E-state index contributed by atoms with van der Waals surface area (Å²) in [5.41, 5.74) is -0.0812. The Labute approximate surface area is 93.5 Å². The minimum Gasteiger partial charge on any atom is -0.477 e. The summed E-state index contributed by atoms with van der Waals surface area (Å²) in [7, 11) is 0. The normalized spacial score (nSPS) is 10.2. The van der Waals surface area contributed by atoms with Crippen molar-refractivity contribution in [2.45, 2.75) is 20.3 Å². The number of carbonyl (C=O) groups is 2. The number of rotatable bonds is 4. The number of carboxylic acid groups (broad SMARTS) is 1. The Bertz CT molecular complexity index is 402. The summed E-state index contributed by atoms with van der Waals surface area (Å²) in [6, 6.07) is 4.48. The molecule has 1 heterocycles. The molecule has 0 unspecified atom stereocenters. The van der Waals surface area contributed by atoms with Gasteiger partial charge in [-0.05, 0) is 18.1 Å². The van der Waals surface area contributed by atoms with Gasteiger partial charge in [0.25, 0.3) is 0 Å². The second kappa shape index (κ2) is 5.25. The van der Waals surface area contributed by atoms with Crippen LogP contribution in [-0.2, 0) is 4.79 Å². The van der Waals surface area contributed by atoms with E-state index in [2.05, 4.69) is 10.3 Å². The summed E-state index contributed by atoms with van der Waals surface area (Å²) in [4.78, 5) is 25.8. The molecule has 0 aromatic carbocycles. The fraction of sp³-hybridized carbons (Fsp3) is 0.364. The Kier molecular flexibility index (Phi) is 3.99. The molecule has 0 aliphatic heterocycles. The molecule has 1 rings (SSSR count). The molecule has 0 radical (unpaired) electrons. The van der Waals surface area contributed by atoms with Crippen LogP contribution in [0, 0.1) is 5.92 Å². The van der Waals surface area contributed by atoms with Gasteiger partial charge < -0.3 is 10.4 Å². The third-order valence-corrected chi connectivity index (χ3v) is 1.83. The molecule has 16 heavy (non-hydrogen) atoms. The van der Waals surface area contributed by atoms with Gasteiger partial charge in [0.05, 0.1) is 0 Å². The first-order valence-electron chi connectivity index (χ1n) is 4.99. The van der Waals surface area contributed by atoms with E-state index in [9.17, 15) is 9.59 Å². The highest BCUT2D eigenvalue weighted by molar-refractivity contribution is 5.91. The van der Waals surface area contributed by atoms with Crippen LogP contribution in [0.4, 0.5) is 5.82 Å². The zero-order valence-corrected chi connectivity index (χ0v) is 9.23. The van der Waals surface area contributed by atoms with Crippen molar-refractivity contribution in [2.24, 2.45) is 5.92 Å². The first kappa shape index (κ1) is 12.2. The second-order valence-electron chi connectivity index (χ2n) is 3.86. The Morgan fingerprint density at radius 3 is 2.69 bits per heavy atom. The zero-order valence-electron chi connectivity index (χ0n) is 9.23. The van der Waals surface area contributed by atoms with Gasteiger partial charge in [0.1, 0.15) is 5.82 Å². The van der Waals surface area contributed by atoms with Crippen molar-refractivity contribution in [3.05, 3.63) is 23.9 Å². The van der Waals surface area contributed by atoms with Crippen molar-refractivity contribution in [1.29, 1.82) is 0 Å². The number of carbonyl (C=O) groups excluding carboxylic acids is 1. The van der Waals surface area contributed by atoms with Crippen LogP contribution in [0.5, 0.6) is 0 Å². The maximum absolute atomic E-state index is 11.4. The molecule has 5 heteroatoms. The van der Waals surface area contributed by atoms with Crippen LogP contribution in [0.15, 0.2) is 18.2 Å². The number of carboxylic acids is 1. The highest BCUT2D eigenvalue weighted by Gasteiger charge is 2.08. The summed E-state index contributed by atoms with van der Waals surface area (Å²) in [6.45, 7) is 3.86. The van der Waals surface area contributed by atoms with Crippen LogP contribution in [0.2, 0.25) is 0 Å². The van der Waals surface area contributed by atoms with Crippen molar-refractivity contribution in [1.82, 2.24) is 4.98 Å². The molecule has 0 atom stereocenters. The van der Waals surface area contributed by atoms with Gasteiger partial charge >= 0.3 is 5.97 Å². The first-order chi connectivity index (χ1) is 7.49. The number of nitrogens with one attached hydrogen (secondary N) is 1. The molecule has 5 nitrogen and oxygen atoms in total. The van der Waals surface area contributed by atoms with E-state index in [0.717, 1.165) is 0 Å². The topological polar surface area (TPSA) is 79.3 Å². The van der Waals surface area contributed by atoms with Crippen molar-refractivity contribution < 1.29 is 14.7 Å².